The van der Waals surface area contributed by atoms with E-state index in [9.17, 15) is 9.59 Å². The summed E-state index contributed by atoms with van der Waals surface area (Å²) in [7, 11) is 1.63. The summed E-state index contributed by atoms with van der Waals surface area (Å²) in [6.45, 7) is 13.7. The number of ether oxygens (including phenoxy) is 1. The summed E-state index contributed by atoms with van der Waals surface area (Å²) in [6.07, 6.45) is 1.57. The lowest BCUT2D eigenvalue weighted by atomic mass is 9.93. The fraction of sp³-hybridized carbons (Fsp3) is 0.842. The molecular weight excluding hydrogens is 346 g/mol. The molecule has 156 valence electrons. The lowest BCUT2D eigenvalue weighted by molar-refractivity contribution is -0.128. The molecule has 1 aliphatic heterocycles. The van der Waals surface area contributed by atoms with Crippen LogP contribution in [0.3, 0.4) is 0 Å². The molecule has 1 aliphatic rings. The zero-order valence-corrected chi connectivity index (χ0v) is 17.9. The molecule has 1 saturated heterocycles. The lowest BCUT2D eigenvalue weighted by Crippen LogP contribution is -2.53. The summed E-state index contributed by atoms with van der Waals surface area (Å²) in [5.74, 6) is 0.612. The maximum absolute atomic E-state index is 12.3. The van der Waals surface area contributed by atoms with Crippen molar-refractivity contribution in [3.05, 3.63) is 0 Å². The van der Waals surface area contributed by atoms with Crippen molar-refractivity contribution in [2.45, 2.75) is 66.0 Å². The van der Waals surface area contributed by atoms with Gasteiger partial charge in [-0.25, -0.2) is 4.79 Å². The minimum absolute atomic E-state index is 0.0455. The Hall–Kier alpha value is -1.99. The third kappa shape index (κ3) is 8.05. The number of rotatable bonds is 5. The Bertz CT molecular complexity index is 540. The standard InChI is InChI=1S/C19H37N5O3/c1-8-21-16(22-13-19(5,6)15(25)20-7)23-14-10-9-11-24(12-14)17(26)27-18(2,3)4/h14H,8-13H2,1-7H3,(H,20,25)(H2,21,22,23). The fourth-order valence-electron chi connectivity index (χ4n) is 2.79. The van der Waals surface area contributed by atoms with Crippen molar-refractivity contribution in [1.82, 2.24) is 20.9 Å². The van der Waals surface area contributed by atoms with Gasteiger partial charge in [0, 0.05) is 32.7 Å². The zero-order chi connectivity index (χ0) is 20.7. The first-order chi connectivity index (χ1) is 12.5. The highest BCUT2D eigenvalue weighted by Crippen LogP contribution is 2.17. The molecule has 0 aromatic heterocycles. The molecule has 0 bridgehead atoms. The average molecular weight is 384 g/mol. The van der Waals surface area contributed by atoms with Crippen molar-refractivity contribution < 1.29 is 14.3 Å². The van der Waals surface area contributed by atoms with Crippen LogP contribution < -0.4 is 16.0 Å². The van der Waals surface area contributed by atoms with Crippen LogP contribution in [0.2, 0.25) is 0 Å². The van der Waals surface area contributed by atoms with E-state index >= 15 is 0 Å². The third-order valence-corrected chi connectivity index (χ3v) is 4.23. The van der Waals surface area contributed by atoms with E-state index in [4.69, 9.17) is 4.74 Å². The first-order valence-corrected chi connectivity index (χ1v) is 9.73. The number of hydrogen-bond acceptors (Lipinski definition) is 4. The number of nitrogens with one attached hydrogen (secondary N) is 3. The number of aliphatic imine (C=N–C) groups is 1. The number of likely N-dealkylation sites (tertiary alicyclic amines) is 1. The van der Waals surface area contributed by atoms with Gasteiger partial charge in [-0.15, -0.1) is 0 Å². The summed E-state index contributed by atoms with van der Waals surface area (Å²) in [5.41, 5.74) is -1.09. The summed E-state index contributed by atoms with van der Waals surface area (Å²) >= 11 is 0. The smallest absolute Gasteiger partial charge is 0.410 e. The Labute approximate surface area is 163 Å². The summed E-state index contributed by atoms with van der Waals surface area (Å²) in [5, 5.41) is 9.28. The topological polar surface area (TPSA) is 95.1 Å². The van der Waals surface area contributed by atoms with Crippen LogP contribution in [0.4, 0.5) is 4.79 Å². The molecule has 1 fully saturated rings. The minimum atomic E-state index is -0.591. The molecule has 0 aliphatic carbocycles. The molecule has 0 radical (unpaired) electrons. The Kier molecular flexibility index (Phi) is 8.37. The van der Waals surface area contributed by atoms with E-state index in [0.717, 1.165) is 19.4 Å². The maximum atomic E-state index is 12.3. The normalized spacial score (nSPS) is 18.7. The first kappa shape index (κ1) is 23.0. The second-order valence-electron chi connectivity index (χ2n) is 8.57. The first-order valence-electron chi connectivity index (χ1n) is 9.73. The van der Waals surface area contributed by atoms with Gasteiger partial charge in [0.15, 0.2) is 5.96 Å². The lowest BCUT2D eigenvalue weighted by Gasteiger charge is -2.35. The van der Waals surface area contributed by atoms with E-state index in [1.165, 1.54) is 0 Å². The van der Waals surface area contributed by atoms with Gasteiger partial charge in [0.25, 0.3) is 0 Å². The molecule has 27 heavy (non-hydrogen) atoms. The number of piperidine rings is 1. The molecule has 0 spiro atoms. The Balaban J connectivity index is 2.72. The number of guanidine groups is 1. The van der Waals surface area contributed by atoms with Crippen molar-refractivity contribution in [2.24, 2.45) is 10.4 Å². The van der Waals surface area contributed by atoms with Crippen molar-refractivity contribution in [2.75, 3.05) is 33.2 Å². The predicted octanol–water partition coefficient (Wildman–Crippen LogP) is 1.71. The van der Waals surface area contributed by atoms with E-state index in [2.05, 4.69) is 20.9 Å². The number of nitrogens with zero attached hydrogens (tertiary/aromatic N) is 2. The second-order valence-corrected chi connectivity index (χ2v) is 8.57. The summed E-state index contributed by atoms with van der Waals surface area (Å²) in [4.78, 5) is 30.6. The van der Waals surface area contributed by atoms with Crippen molar-refractivity contribution in [3.8, 4) is 0 Å². The van der Waals surface area contributed by atoms with Gasteiger partial charge in [0.1, 0.15) is 5.60 Å². The van der Waals surface area contributed by atoms with E-state index in [1.807, 2.05) is 41.5 Å². The van der Waals surface area contributed by atoms with Gasteiger partial charge in [-0.3, -0.25) is 9.79 Å². The molecule has 0 saturated carbocycles. The third-order valence-electron chi connectivity index (χ3n) is 4.23. The van der Waals surface area contributed by atoms with Gasteiger partial charge in [0.05, 0.1) is 12.0 Å². The quantitative estimate of drug-likeness (QED) is 0.496. The molecule has 1 unspecified atom stereocenters. The molecule has 8 heteroatoms. The van der Waals surface area contributed by atoms with Crippen LogP contribution in [-0.2, 0) is 9.53 Å². The highest BCUT2D eigenvalue weighted by molar-refractivity contribution is 5.83. The van der Waals surface area contributed by atoms with Crippen LogP contribution in [0.25, 0.3) is 0 Å². The fourth-order valence-corrected chi connectivity index (χ4v) is 2.79. The summed E-state index contributed by atoms with van der Waals surface area (Å²) in [6, 6.07) is 0.0900. The van der Waals surface area contributed by atoms with Crippen LogP contribution in [0.5, 0.6) is 0 Å². The number of hydrogen-bond donors (Lipinski definition) is 3. The number of carbonyl (C=O) groups is 2. The van der Waals surface area contributed by atoms with E-state index < -0.39 is 11.0 Å². The van der Waals surface area contributed by atoms with E-state index in [0.29, 0.717) is 25.6 Å². The average Bonchev–Trinajstić information content (AvgIpc) is 2.58. The van der Waals surface area contributed by atoms with Crippen LogP contribution in [-0.4, -0.2) is 67.7 Å². The van der Waals surface area contributed by atoms with Crippen molar-refractivity contribution >= 4 is 18.0 Å². The van der Waals surface area contributed by atoms with Crippen LogP contribution in [0.1, 0.15) is 54.4 Å². The molecular formula is C19H37N5O3. The molecule has 0 aromatic rings. The zero-order valence-electron chi connectivity index (χ0n) is 17.9. The second kappa shape index (κ2) is 9.80. The maximum Gasteiger partial charge on any atom is 0.410 e. The van der Waals surface area contributed by atoms with Gasteiger partial charge in [0.2, 0.25) is 5.91 Å². The van der Waals surface area contributed by atoms with E-state index in [-0.39, 0.29) is 18.0 Å². The predicted molar refractivity (Wildman–Crippen MR) is 108 cm³/mol. The molecule has 0 aromatic carbocycles. The van der Waals surface area contributed by atoms with Crippen molar-refractivity contribution in [1.29, 1.82) is 0 Å². The highest BCUT2D eigenvalue weighted by Gasteiger charge is 2.29. The Morgan fingerprint density at radius 3 is 2.44 bits per heavy atom. The van der Waals surface area contributed by atoms with Crippen LogP contribution >= 0.6 is 0 Å². The van der Waals surface area contributed by atoms with Gasteiger partial charge >= 0.3 is 6.09 Å². The molecule has 1 rings (SSSR count). The highest BCUT2D eigenvalue weighted by atomic mass is 16.6. The molecule has 1 heterocycles. The van der Waals surface area contributed by atoms with Gasteiger partial charge in [-0.1, -0.05) is 0 Å². The number of amides is 2. The van der Waals surface area contributed by atoms with Crippen molar-refractivity contribution in [3.63, 3.8) is 0 Å². The Morgan fingerprint density at radius 1 is 1.22 bits per heavy atom. The van der Waals surface area contributed by atoms with Gasteiger partial charge < -0.3 is 25.6 Å². The molecule has 8 nitrogen and oxygen atoms in total. The SMILES string of the molecule is CCNC(=NCC(C)(C)C(=O)NC)NC1CCCN(C(=O)OC(C)(C)C)C1. The van der Waals surface area contributed by atoms with Crippen LogP contribution in [0.15, 0.2) is 4.99 Å². The molecule has 2 amide bonds. The van der Waals surface area contributed by atoms with E-state index in [1.54, 1.807) is 11.9 Å². The summed E-state index contributed by atoms with van der Waals surface area (Å²) < 4.78 is 5.48. The largest absolute Gasteiger partial charge is 0.444 e. The molecule has 3 N–H and O–H groups in total. The molecule has 1 atom stereocenters. The van der Waals surface area contributed by atoms with Gasteiger partial charge in [-0.05, 0) is 54.4 Å². The Morgan fingerprint density at radius 2 is 1.89 bits per heavy atom. The number of carbonyl (C=O) groups excluding carboxylic acids is 2. The minimum Gasteiger partial charge on any atom is -0.444 e. The van der Waals surface area contributed by atoms with Gasteiger partial charge in [-0.2, -0.15) is 0 Å². The monoisotopic (exact) mass is 383 g/mol. The van der Waals surface area contributed by atoms with Crippen LogP contribution in [0, 0.1) is 5.41 Å².